The summed E-state index contributed by atoms with van der Waals surface area (Å²) in [6, 6.07) is 14.0. The maximum Gasteiger partial charge on any atom is 0.292 e. The molecule has 0 aliphatic rings. The van der Waals surface area contributed by atoms with Crippen molar-refractivity contribution in [1.29, 1.82) is 0 Å². The standard InChI is InChI=1S/C21H20Cl2N4O3/c1-26(2)19(28)13-30-17-5-3-4-14(10-17)11-24-18-12-25-27(21(29)20(18)23)16-8-6-15(22)7-9-16/h3-10,12,24H,11,13H2,1-2H3. The summed E-state index contributed by atoms with van der Waals surface area (Å²) in [6.07, 6.45) is 1.49. The summed E-state index contributed by atoms with van der Waals surface area (Å²) in [5.41, 5.74) is 1.43. The smallest absolute Gasteiger partial charge is 0.292 e. The van der Waals surface area contributed by atoms with Crippen molar-refractivity contribution in [3.63, 3.8) is 0 Å². The van der Waals surface area contributed by atoms with Crippen molar-refractivity contribution in [2.75, 3.05) is 26.0 Å². The maximum atomic E-state index is 12.6. The minimum Gasteiger partial charge on any atom is -0.484 e. The zero-order valence-corrected chi connectivity index (χ0v) is 17.9. The van der Waals surface area contributed by atoms with Crippen LogP contribution in [-0.2, 0) is 11.3 Å². The molecule has 0 radical (unpaired) electrons. The van der Waals surface area contributed by atoms with Gasteiger partial charge < -0.3 is 15.0 Å². The summed E-state index contributed by atoms with van der Waals surface area (Å²) in [7, 11) is 3.34. The zero-order valence-electron chi connectivity index (χ0n) is 16.4. The summed E-state index contributed by atoms with van der Waals surface area (Å²) in [4.78, 5) is 25.7. The highest BCUT2D eigenvalue weighted by Gasteiger charge is 2.11. The number of hydrogen-bond donors (Lipinski definition) is 1. The van der Waals surface area contributed by atoms with E-state index in [1.165, 1.54) is 15.8 Å². The number of amides is 1. The lowest BCUT2D eigenvalue weighted by Crippen LogP contribution is -2.27. The lowest BCUT2D eigenvalue weighted by molar-refractivity contribution is -0.130. The zero-order chi connectivity index (χ0) is 21.7. The fraction of sp³-hybridized carbons (Fsp3) is 0.190. The Labute approximate surface area is 183 Å². The number of benzene rings is 2. The van der Waals surface area contributed by atoms with Crippen molar-refractivity contribution in [3.8, 4) is 11.4 Å². The van der Waals surface area contributed by atoms with Crippen LogP contribution in [0.5, 0.6) is 5.75 Å². The van der Waals surface area contributed by atoms with Gasteiger partial charge in [-0.3, -0.25) is 9.59 Å². The molecule has 0 aliphatic heterocycles. The second kappa shape index (κ2) is 9.65. The van der Waals surface area contributed by atoms with Gasteiger partial charge in [-0.25, -0.2) is 0 Å². The van der Waals surface area contributed by atoms with Gasteiger partial charge in [0.2, 0.25) is 0 Å². The molecule has 3 aromatic rings. The van der Waals surface area contributed by atoms with Crippen LogP contribution in [0, 0.1) is 0 Å². The van der Waals surface area contributed by atoms with Gasteiger partial charge in [-0.1, -0.05) is 35.3 Å². The minimum absolute atomic E-state index is 0.0314. The Balaban J connectivity index is 1.69. The first-order chi connectivity index (χ1) is 14.3. The third-order valence-electron chi connectivity index (χ3n) is 4.23. The summed E-state index contributed by atoms with van der Waals surface area (Å²) in [5.74, 6) is 0.449. The summed E-state index contributed by atoms with van der Waals surface area (Å²) in [6.45, 7) is 0.354. The molecular weight excluding hydrogens is 427 g/mol. The molecular formula is C21H20Cl2N4O3. The van der Waals surface area contributed by atoms with Gasteiger partial charge >= 0.3 is 0 Å². The fourth-order valence-corrected chi connectivity index (χ4v) is 2.86. The predicted molar refractivity (Wildman–Crippen MR) is 118 cm³/mol. The molecule has 0 spiro atoms. The number of aromatic nitrogens is 2. The van der Waals surface area contributed by atoms with Gasteiger partial charge in [0.05, 0.1) is 17.6 Å². The SMILES string of the molecule is CN(C)C(=O)COc1cccc(CNc2cnn(-c3ccc(Cl)cc3)c(=O)c2Cl)c1. The van der Waals surface area contributed by atoms with Crippen LogP contribution in [-0.4, -0.2) is 41.3 Å². The maximum absolute atomic E-state index is 12.6. The van der Waals surface area contributed by atoms with E-state index in [1.54, 1.807) is 44.4 Å². The van der Waals surface area contributed by atoms with Gasteiger partial charge in [-0.05, 0) is 42.0 Å². The van der Waals surface area contributed by atoms with Gasteiger partial charge in [0.15, 0.2) is 6.61 Å². The summed E-state index contributed by atoms with van der Waals surface area (Å²) >= 11 is 12.1. The van der Waals surface area contributed by atoms with E-state index in [1.807, 2.05) is 18.2 Å². The molecule has 9 heteroatoms. The Bertz CT molecular complexity index is 1100. The molecule has 2 aromatic carbocycles. The highest BCUT2D eigenvalue weighted by Crippen LogP contribution is 2.20. The molecule has 7 nitrogen and oxygen atoms in total. The molecule has 0 aliphatic carbocycles. The monoisotopic (exact) mass is 446 g/mol. The Morgan fingerprint density at radius 1 is 1.17 bits per heavy atom. The number of hydrogen-bond acceptors (Lipinski definition) is 5. The number of likely N-dealkylation sites (N-methyl/N-ethyl adjacent to an activating group) is 1. The van der Waals surface area contributed by atoms with Crippen LogP contribution in [0.4, 0.5) is 5.69 Å². The van der Waals surface area contributed by atoms with Crippen LogP contribution in [0.1, 0.15) is 5.56 Å². The molecule has 156 valence electrons. The largest absolute Gasteiger partial charge is 0.484 e. The molecule has 30 heavy (non-hydrogen) atoms. The quantitative estimate of drug-likeness (QED) is 0.599. The van der Waals surface area contributed by atoms with Crippen LogP contribution in [0.2, 0.25) is 10.0 Å². The number of carbonyl (C=O) groups excluding carboxylic acids is 1. The first-order valence-electron chi connectivity index (χ1n) is 9.04. The van der Waals surface area contributed by atoms with E-state index in [9.17, 15) is 9.59 Å². The van der Waals surface area contributed by atoms with Crippen molar-refractivity contribution >= 4 is 34.8 Å². The molecule has 0 atom stereocenters. The molecule has 1 N–H and O–H groups in total. The Morgan fingerprint density at radius 2 is 1.90 bits per heavy atom. The van der Waals surface area contributed by atoms with E-state index in [-0.39, 0.29) is 17.5 Å². The molecule has 0 unspecified atom stereocenters. The first kappa shape index (κ1) is 21.7. The highest BCUT2D eigenvalue weighted by molar-refractivity contribution is 6.33. The number of anilines is 1. The molecule has 0 saturated heterocycles. The van der Waals surface area contributed by atoms with Crippen molar-refractivity contribution in [1.82, 2.24) is 14.7 Å². The Kier molecular flexibility index (Phi) is 6.97. The molecule has 1 heterocycles. The van der Waals surface area contributed by atoms with Crippen LogP contribution in [0.3, 0.4) is 0 Å². The Morgan fingerprint density at radius 3 is 2.60 bits per heavy atom. The molecule has 1 aromatic heterocycles. The third-order valence-corrected chi connectivity index (χ3v) is 4.85. The highest BCUT2D eigenvalue weighted by atomic mass is 35.5. The van der Waals surface area contributed by atoms with E-state index in [4.69, 9.17) is 27.9 Å². The molecule has 1 amide bonds. The number of carbonyl (C=O) groups is 1. The number of rotatable bonds is 7. The van der Waals surface area contributed by atoms with Crippen LogP contribution in [0.25, 0.3) is 5.69 Å². The summed E-state index contributed by atoms with van der Waals surface area (Å²) in [5, 5.41) is 7.88. The van der Waals surface area contributed by atoms with Crippen LogP contribution < -0.4 is 15.6 Å². The van der Waals surface area contributed by atoms with Gasteiger partial charge in [-0.15, -0.1) is 0 Å². The fourth-order valence-electron chi connectivity index (χ4n) is 2.54. The van der Waals surface area contributed by atoms with Crippen molar-refractivity contribution in [3.05, 3.63) is 80.7 Å². The van der Waals surface area contributed by atoms with Crippen LogP contribution >= 0.6 is 23.2 Å². The van der Waals surface area contributed by atoms with Crippen molar-refractivity contribution < 1.29 is 9.53 Å². The van der Waals surface area contributed by atoms with E-state index >= 15 is 0 Å². The van der Waals surface area contributed by atoms with Crippen molar-refractivity contribution in [2.45, 2.75) is 6.54 Å². The molecule has 0 saturated carbocycles. The van der Waals surface area contributed by atoms with E-state index in [0.717, 1.165) is 5.56 Å². The number of halogens is 2. The summed E-state index contributed by atoms with van der Waals surface area (Å²) < 4.78 is 6.73. The topological polar surface area (TPSA) is 76.5 Å². The number of nitrogens with zero attached hydrogens (tertiary/aromatic N) is 3. The number of ether oxygens (including phenoxy) is 1. The average Bonchev–Trinajstić information content (AvgIpc) is 2.74. The lowest BCUT2D eigenvalue weighted by atomic mass is 10.2. The lowest BCUT2D eigenvalue weighted by Gasteiger charge is -2.13. The normalized spacial score (nSPS) is 10.5. The molecule has 0 fully saturated rings. The number of nitrogens with one attached hydrogen (secondary N) is 1. The third kappa shape index (κ3) is 5.31. The van der Waals surface area contributed by atoms with Gasteiger partial charge in [-0.2, -0.15) is 9.78 Å². The van der Waals surface area contributed by atoms with Crippen LogP contribution in [0.15, 0.2) is 59.5 Å². The van der Waals surface area contributed by atoms with Gasteiger partial charge in [0.25, 0.3) is 11.5 Å². The van der Waals surface area contributed by atoms with E-state index in [0.29, 0.717) is 28.7 Å². The molecule has 3 rings (SSSR count). The second-order valence-corrected chi connectivity index (χ2v) is 7.46. The average molecular weight is 447 g/mol. The van der Waals surface area contributed by atoms with Crippen molar-refractivity contribution in [2.24, 2.45) is 0 Å². The minimum atomic E-state index is -0.441. The van der Waals surface area contributed by atoms with Gasteiger partial charge in [0.1, 0.15) is 10.8 Å². The molecule has 0 bridgehead atoms. The van der Waals surface area contributed by atoms with E-state index < -0.39 is 5.56 Å². The predicted octanol–water partition coefficient (Wildman–Crippen LogP) is 3.62. The Hall–Kier alpha value is -3.03. The van der Waals surface area contributed by atoms with Gasteiger partial charge in [0, 0.05) is 25.7 Å². The van der Waals surface area contributed by atoms with E-state index in [2.05, 4.69) is 10.4 Å². The second-order valence-electron chi connectivity index (χ2n) is 6.64. The first-order valence-corrected chi connectivity index (χ1v) is 9.80.